The van der Waals surface area contributed by atoms with Gasteiger partial charge in [0.25, 0.3) is 5.91 Å². The van der Waals surface area contributed by atoms with Crippen molar-refractivity contribution in [1.29, 1.82) is 0 Å². The van der Waals surface area contributed by atoms with Crippen LogP contribution in [-0.4, -0.2) is 98.1 Å². The molecule has 0 aromatic heterocycles. The fourth-order valence-corrected chi connectivity index (χ4v) is 7.84. The third kappa shape index (κ3) is 8.17. The smallest absolute Gasteiger partial charge is 0.408 e. The molecule has 2 aliphatic rings. The molecule has 2 aromatic carbocycles. The highest BCUT2D eigenvalue weighted by Crippen LogP contribution is 2.35. The molecule has 1 fully saturated rings. The second kappa shape index (κ2) is 13.6. The fourth-order valence-electron chi connectivity index (χ4n) is 5.35. The monoisotopic (exact) mass is 696 g/mol. The van der Waals surface area contributed by atoms with E-state index in [0.29, 0.717) is 11.3 Å². The zero-order valence-corrected chi connectivity index (χ0v) is 29.2. The van der Waals surface area contributed by atoms with Crippen LogP contribution in [0.25, 0.3) is 0 Å². The number of benzene rings is 2. The van der Waals surface area contributed by atoms with Crippen molar-refractivity contribution in [3.8, 4) is 11.5 Å². The van der Waals surface area contributed by atoms with Crippen LogP contribution in [0.2, 0.25) is 0 Å². The van der Waals surface area contributed by atoms with Gasteiger partial charge >= 0.3 is 6.09 Å². The van der Waals surface area contributed by atoms with E-state index in [1.807, 2.05) is 13.8 Å². The molecular weight excluding hydrogens is 652 g/mol. The van der Waals surface area contributed by atoms with Crippen LogP contribution in [0.4, 0.5) is 4.79 Å². The molecule has 14 nitrogen and oxygen atoms in total. The molecule has 0 saturated carbocycles. The molecule has 4 atom stereocenters. The number of aliphatic hydroxyl groups excluding tert-OH is 1. The molecule has 260 valence electrons. The molecule has 2 amide bonds. The van der Waals surface area contributed by atoms with Crippen molar-refractivity contribution < 1.29 is 45.7 Å². The number of rotatable bonds is 12. The molecule has 4 rings (SSSR count). The number of amides is 2. The third-order valence-corrected chi connectivity index (χ3v) is 11.5. The fraction of sp³-hybridized carbons (Fsp3) is 0.548. The highest BCUT2D eigenvalue weighted by atomic mass is 32.2. The third-order valence-electron chi connectivity index (χ3n) is 7.81. The van der Waals surface area contributed by atoms with Crippen LogP contribution in [0.15, 0.2) is 53.4 Å². The Hall–Kier alpha value is -3.44. The number of aliphatic hydroxyl groups is 1. The van der Waals surface area contributed by atoms with Crippen LogP contribution >= 0.6 is 0 Å². The molecule has 0 bridgehead atoms. The summed E-state index contributed by atoms with van der Waals surface area (Å²) in [5.41, 5.74) is 2.51. The molecule has 2 aliphatic heterocycles. The number of carbonyl (C=O) groups is 2. The Balaban J connectivity index is 1.72. The number of hydrazine groups is 1. The SMILES string of the molecule is CC(C)CN(C[C@@H](O)[C@H](Cc1ccccc1)N1NC(C)(S(C)(=O)=O)[C@H](NC(=O)OC(C)(C)C)C1=O)S(=O)(=O)c1ccc2c(c1)OCO2. The number of nitrogens with one attached hydrogen (secondary N) is 2. The highest BCUT2D eigenvalue weighted by molar-refractivity contribution is 7.92. The van der Waals surface area contributed by atoms with Gasteiger partial charge in [-0.25, -0.2) is 27.1 Å². The predicted octanol–water partition coefficient (Wildman–Crippen LogP) is 2.04. The van der Waals surface area contributed by atoms with Gasteiger partial charge in [-0.05, 0) is 57.7 Å². The first-order chi connectivity index (χ1) is 21.7. The molecule has 16 heteroatoms. The van der Waals surface area contributed by atoms with Crippen LogP contribution in [0.3, 0.4) is 0 Å². The molecular formula is C31H44N4O10S2. The average molecular weight is 697 g/mol. The quantitative estimate of drug-likeness (QED) is 0.296. The Kier molecular flexibility index (Phi) is 10.5. The molecule has 0 aliphatic carbocycles. The van der Waals surface area contributed by atoms with E-state index in [1.54, 1.807) is 51.1 Å². The number of ether oxygens (including phenoxy) is 3. The zero-order valence-electron chi connectivity index (χ0n) is 27.6. The van der Waals surface area contributed by atoms with Gasteiger partial charge < -0.3 is 24.6 Å². The Morgan fingerprint density at radius 1 is 1.11 bits per heavy atom. The first-order valence-corrected chi connectivity index (χ1v) is 18.5. The van der Waals surface area contributed by atoms with Gasteiger partial charge in [0.2, 0.25) is 16.8 Å². The lowest BCUT2D eigenvalue weighted by atomic mass is 10.00. The second-order valence-electron chi connectivity index (χ2n) is 13.3. The van der Waals surface area contributed by atoms with Crippen molar-refractivity contribution in [2.24, 2.45) is 5.92 Å². The maximum absolute atomic E-state index is 14.1. The standard InChI is InChI=1S/C31H44N4O10S2/c1-20(2)17-34(47(41,42)22-13-14-25-26(16-22)44-19-43-25)18-24(36)23(15-21-11-9-8-10-12-21)35-28(37)27(31(6,33-35)46(7,39)40)32-29(38)45-30(3,4)5/h8-14,16,20,23-24,27,33,36H,15,17-19H2,1-7H3,(H,32,38)/t23-,24+,27+,31?/m0/s1. The Morgan fingerprint density at radius 2 is 1.74 bits per heavy atom. The first kappa shape index (κ1) is 36.4. The van der Waals surface area contributed by atoms with Crippen LogP contribution in [0.5, 0.6) is 11.5 Å². The maximum atomic E-state index is 14.1. The largest absolute Gasteiger partial charge is 0.454 e. The van der Waals surface area contributed by atoms with Crippen molar-refractivity contribution >= 4 is 31.9 Å². The van der Waals surface area contributed by atoms with E-state index < -0.39 is 67.1 Å². The van der Waals surface area contributed by atoms with E-state index in [2.05, 4.69) is 10.7 Å². The minimum atomic E-state index is -4.20. The minimum absolute atomic E-state index is 0.0132. The molecule has 1 unspecified atom stereocenters. The van der Waals surface area contributed by atoms with E-state index in [9.17, 15) is 31.5 Å². The van der Waals surface area contributed by atoms with E-state index in [-0.39, 0.29) is 36.3 Å². The summed E-state index contributed by atoms with van der Waals surface area (Å²) in [6.45, 7) is 9.31. The normalized spacial score (nSPS) is 21.3. The van der Waals surface area contributed by atoms with Gasteiger partial charge in [0.1, 0.15) is 11.6 Å². The van der Waals surface area contributed by atoms with Gasteiger partial charge in [-0.15, -0.1) is 0 Å². The van der Waals surface area contributed by atoms with Gasteiger partial charge in [0.15, 0.2) is 26.2 Å². The van der Waals surface area contributed by atoms with Gasteiger partial charge in [0, 0.05) is 25.4 Å². The van der Waals surface area contributed by atoms with Gasteiger partial charge in [-0.3, -0.25) is 9.80 Å². The van der Waals surface area contributed by atoms with E-state index in [0.717, 1.165) is 15.6 Å². The molecule has 2 aromatic rings. The molecule has 1 saturated heterocycles. The maximum Gasteiger partial charge on any atom is 0.408 e. The summed E-state index contributed by atoms with van der Waals surface area (Å²) in [5, 5.41) is 15.2. The highest BCUT2D eigenvalue weighted by Gasteiger charge is 2.58. The van der Waals surface area contributed by atoms with Crippen molar-refractivity contribution in [3.63, 3.8) is 0 Å². The number of carbonyl (C=O) groups excluding carboxylic acids is 2. The van der Waals surface area contributed by atoms with E-state index in [1.165, 1.54) is 25.1 Å². The number of fused-ring (bicyclic) bond motifs is 1. The number of sulfonamides is 1. The first-order valence-electron chi connectivity index (χ1n) is 15.1. The van der Waals surface area contributed by atoms with Crippen LogP contribution in [0, 0.1) is 5.92 Å². The minimum Gasteiger partial charge on any atom is -0.454 e. The van der Waals surface area contributed by atoms with Crippen molar-refractivity contribution in [2.45, 2.75) is 81.5 Å². The lowest BCUT2D eigenvalue weighted by Gasteiger charge is -2.36. The molecule has 47 heavy (non-hydrogen) atoms. The summed E-state index contributed by atoms with van der Waals surface area (Å²) in [4.78, 5) is 24.7. The lowest BCUT2D eigenvalue weighted by molar-refractivity contribution is -0.136. The van der Waals surface area contributed by atoms with E-state index >= 15 is 0 Å². The number of nitrogens with zero attached hydrogens (tertiary/aromatic N) is 2. The van der Waals surface area contributed by atoms with Crippen LogP contribution < -0.4 is 20.2 Å². The molecule has 2 heterocycles. The molecule has 0 spiro atoms. The Morgan fingerprint density at radius 3 is 2.34 bits per heavy atom. The predicted molar refractivity (Wildman–Crippen MR) is 172 cm³/mol. The number of alkyl carbamates (subject to hydrolysis) is 1. The number of sulfone groups is 1. The summed E-state index contributed by atoms with van der Waals surface area (Å²) >= 11 is 0. The Bertz CT molecular complexity index is 1680. The number of hydrogen-bond donors (Lipinski definition) is 3. The Labute approximate surface area is 276 Å². The topological polar surface area (TPSA) is 181 Å². The lowest BCUT2D eigenvalue weighted by Crippen LogP contribution is -2.60. The van der Waals surface area contributed by atoms with Crippen LogP contribution in [0.1, 0.15) is 47.1 Å². The summed E-state index contributed by atoms with van der Waals surface area (Å²) < 4.78 is 71.4. The van der Waals surface area contributed by atoms with Crippen molar-refractivity contribution in [3.05, 3.63) is 54.1 Å². The van der Waals surface area contributed by atoms with Crippen LogP contribution in [-0.2, 0) is 35.8 Å². The van der Waals surface area contributed by atoms with Gasteiger partial charge in [-0.1, -0.05) is 44.2 Å². The average Bonchev–Trinajstić information content (AvgIpc) is 3.53. The van der Waals surface area contributed by atoms with Crippen molar-refractivity contribution in [1.82, 2.24) is 20.1 Å². The number of hydrogen-bond acceptors (Lipinski definition) is 11. The summed E-state index contributed by atoms with van der Waals surface area (Å²) in [5.74, 6) is -0.322. The second-order valence-corrected chi connectivity index (χ2v) is 17.7. The summed E-state index contributed by atoms with van der Waals surface area (Å²) in [7, 11) is -8.30. The van der Waals surface area contributed by atoms with Gasteiger partial charge in [0.05, 0.1) is 17.0 Å². The van der Waals surface area contributed by atoms with Crippen molar-refractivity contribution in [2.75, 3.05) is 26.1 Å². The summed E-state index contributed by atoms with van der Waals surface area (Å²) in [6.07, 6.45) is -1.60. The molecule has 0 radical (unpaired) electrons. The summed E-state index contributed by atoms with van der Waals surface area (Å²) in [6, 6.07) is 10.3. The zero-order chi connectivity index (χ0) is 34.9. The molecule has 3 N–H and O–H groups in total. The van der Waals surface area contributed by atoms with E-state index in [4.69, 9.17) is 14.2 Å². The van der Waals surface area contributed by atoms with Gasteiger partial charge in [-0.2, -0.15) is 4.31 Å².